The van der Waals surface area contributed by atoms with Crippen LogP contribution in [0, 0.1) is 0 Å². The van der Waals surface area contributed by atoms with Crippen molar-refractivity contribution in [1.29, 1.82) is 0 Å². The smallest absolute Gasteiger partial charge is 0.213 e. The Labute approximate surface area is 111 Å². The zero-order valence-electron chi connectivity index (χ0n) is 10.4. The number of rotatable bonds is 4. The lowest BCUT2D eigenvalue weighted by Gasteiger charge is -2.33. The molecule has 1 aromatic rings. The molecule has 0 amide bonds. The molecule has 0 spiro atoms. The van der Waals surface area contributed by atoms with Crippen molar-refractivity contribution in [3.8, 4) is 0 Å². The molecule has 1 aliphatic rings. The van der Waals surface area contributed by atoms with Crippen LogP contribution in [0.1, 0.15) is 11.8 Å². The van der Waals surface area contributed by atoms with Gasteiger partial charge in [-0.05, 0) is 6.92 Å². The minimum absolute atomic E-state index is 0.179. The third-order valence-electron chi connectivity index (χ3n) is 3.04. The Morgan fingerprint density at radius 1 is 1.39 bits per heavy atom. The van der Waals surface area contributed by atoms with E-state index in [9.17, 15) is 8.42 Å². The molecule has 0 aromatic carbocycles. The minimum Gasteiger partial charge on any atom is -0.375 e. The van der Waals surface area contributed by atoms with E-state index in [-0.39, 0.29) is 5.75 Å². The van der Waals surface area contributed by atoms with Gasteiger partial charge in [0.2, 0.25) is 10.0 Å². The molecule has 1 saturated heterocycles. The third-order valence-corrected chi connectivity index (χ3v) is 5.73. The molecule has 1 fully saturated rings. The van der Waals surface area contributed by atoms with Crippen LogP contribution in [0.25, 0.3) is 0 Å². The number of nitrogen functional groups attached to an aromatic ring is 1. The van der Waals surface area contributed by atoms with Crippen LogP contribution in [-0.4, -0.2) is 54.5 Å². The van der Waals surface area contributed by atoms with Crippen molar-refractivity contribution in [1.82, 2.24) is 14.2 Å². The molecule has 0 aliphatic carbocycles. The lowest BCUT2D eigenvalue weighted by molar-refractivity contribution is 0.183. The van der Waals surface area contributed by atoms with Gasteiger partial charge in [-0.25, -0.2) is 13.4 Å². The third kappa shape index (κ3) is 3.19. The van der Waals surface area contributed by atoms with Crippen LogP contribution in [-0.2, 0) is 16.6 Å². The molecule has 0 radical (unpaired) electrons. The van der Waals surface area contributed by atoms with Crippen molar-refractivity contribution in [2.45, 2.75) is 13.5 Å². The average molecular weight is 290 g/mol. The number of aromatic nitrogens is 1. The molecule has 18 heavy (non-hydrogen) atoms. The summed E-state index contributed by atoms with van der Waals surface area (Å²) in [6.07, 6.45) is 1.79. The maximum absolute atomic E-state index is 11.7. The summed E-state index contributed by atoms with van der Waals surface area (Å²) >= 11 is 1.49. The molecule has 2 rings (SSSR count). The summed E-state index contributed by atoms with van der Waals surface area (Å²) in [6.45, 7) is 5.15. The summed E-state index contributed by atoms with van der Waals surface area (Å²) in [7, 11) is -3.04. The zero-order chi connectivity index (χ0) is 13.2. The van der Waals surface area contributed by atoms with Gasteiger partial charge in [0.25, 0.3) is 0 Å². The van der Waals surface area contributed by atoms with Gasteiger partial charge in [0, 0.05) is 43.8 Å². The zero-order valence-corrected chi connectivity index (χ0v) is 12.0. The quantitative estimate of drug-likeness (QED) is 0.856. The van der Waals surface area contributed by atoms with Crippen molar-refractivity contribution in [2.24, 2.45) is 0 Å². The summed E-state index contributed by atoms with van der Waals surface area (Å²) in [4.78, 5) is 7.37. The Hall–Kier alpha value is -0.700. The number of nitrogens with two attached hydrogens (primary N) is 1. The second-order valence-electron chi connectivity index (χ2n) is 4.24. The Kier molecular flexibility index (Phi) is 4.21. The molecule has 0 bridgehead atoms. The van der Waals surface area contributed by atoms with E-state index in [2.05, 4.69) is 9.88 Å². The molecule has 2 N–H and O–H groups in total. The first-order valence-electron chi connectivity index (χ1n) is 5.91. The van der Waals surface area contributed by atoms with E-state index in [0.29, 0.717) is 18.2 Å². The molecule has 2 heterocycles. The molecule has 102 valence electrons. The number of hydrogen-bond donors (Lipinski definition) is 1. The van der Waals surface area contributed by atoms with Gasteiger partial charge >= 0.3 is 0 Å². The molecular formula is C10H18N4O2S2. The summed E-state index contributed by atoms with van der Waals surface area (Å²) < 4.78 is 25.0. The SMILES string of the molecule is CCS(=O)(=O)N1CCN(Cc2cnc(N)s2)CC1. The highest BCUT2D eigenvalue weighted by atomic mass is 32.2. The number of thiazole rings is 1. The van der Waals surface area contributed by atoms with Crippen LogP contribution in [0.5, 0.6) is 0 Å². The fourth-order valence-electron chi connectivity index (χ4n) is 1.96. The standard InChI is InChI=1S/C10H18N4O2S2/c1-2-18(15,16)14-5-3-13(4-6-14)8-9-7-12-10(11)17-9/h7H,2-6,8H2,1H3,(H2,11,12). The van der Waals surface area contributed by atoms with Crippen molar-refractivity contribution in [2.75, 3.05) is 37.7 Å². The highest BCUT2D eigenvalue weighted by molar-refractivity contribution is 7.89. The van der Waals surface area contributed by atoms with E-state index in [1.54, 1.807) is 17.4 Å². The van der Waals surface area contributed by atoms with Gasteiger partial charge in [-0.15, -0.1) is 11.3 Å². The number of anilines is 1. The van der Waals surface area contributed by atoms with Crippen molar-refractivity contribution < 1.29 is 8.42 Å². The van der Waals surface area contributed by atoms with Crippen molar-refractivity contribution in [3.63, 3.8) is 0 Å². The van der Waals surface area contributed by atoms with E-state index >= 15 is 0 Å². The van der Waals surface area contributed by atoms with Crippen molar-refractivity contribution in [3.05, 3.63) is 11.1 Å². The fourth-order valence-corrected chi connectivity index (χ4v) is 3.78. The van der Waals surface area contributed by atoms with Crippen LogP contribution in [0.3, 0.4) is 0 Å². The second kappa shape index (κ2) is 5.52. The van der Waals surface area contributed by atoms with Gasteiger partial charge in [-0.1, -0.05) is 0 Å². The predicted octanol–water partition coefficient (Wildman–Crippen LogP) is 0.193. The Bertz CT molecular complexity index is 492. The average Bonchev–Trinajstić information content (AvgIpc) is 2.75. The Morgan fingerprint density at radius 2 is 2.06 bits per heavy atom. The number of piperazine rings is 1. The van der Waals surface area contributed by atoms with Crippen LogP contribution >= 0.6 is 11.3 Å². The highest BCUT2D eigenvalue weighted by Crippen LogP contribution is 2.18. The number of hydrogen-bond acceptors (Lipinski definition) is 6. The van der Waals surface area contributed by atoms with E-state index in [1.807, 2.05) is 0 Å². The summed E-state index contributed by atoms with van der Waals surface area (Å²) in [5.74, 6) is 0.179. The monoisotopic (exact) mass is 290 g/mol. The second-order valence-corrected chi connectivity index (χ2v) is 7.64. The Balaban J connectivity index is 1.87. The lowest BCUT2D eigenvalue weighted by Crippen LogP contribution is -2.48. The molecule has 8 heteroatoms. The fraction of sp³-hybridized carbons (Fsp3) is 0.700. The maximum Gasteiger partial charge on any atom is 0.213 e. The molecule has 1 aliphatic heterocycles. The van der Waals surface area contributed by atoms with Crippen LogP contribution < -0.4 is 5.73 Å². The van der Waals surface area contributed by atoms with Gasteiger partial charge in [-0.2, -0.15) is 4.31 Å². The summed E-state index contributed by atoms with van der Waals surface area (Å²) in [6, 6.07) is 0. The Morgan fingerprint density at radius 3 is 2.56 bits per heavy atom. The normalized spacial score (nSPS) is 19.2. The predicted molar refractivity (Wildman–Crippen MR) is 72.8 cm³/mol. The first-order valence-corrected chi connectivity index (χ1v) is 8.34. The van der Waals surface area contributed by atoms with E-state index in [1.165, 1.54) is 11.3 Å². The molecule has 0 unspecified atom stereocenters. The van der Waals surface area contributed by atoms with Gasteiger partial charge in [-0.3, -0.25) is 4.90 Å². The van der Waals surface area contributed by atoms with E-state index in [4.69, 9.17) is 5.73 Å². The van der Waals surface area contributed by atoms with Gasteiger partial charge < -0.3 is 5.73 Å². The number of sulfonamides is 1. The summed E-state index contributed by atoms with van der Waals surface area (Å²) in [5, 5.41) is 0.581. The van der Waals surface area contributed by atoms with Crippen LogP contribution in [0.15, 0.2) is 6.20 Å². The van der Waals surface area contributed by atoms with Gasteiger partial charge in [0.05, 0.1) is 5.75 Å². The molecule has 6 nitrogen and oxygen atoms in total. The van der Waals surface area contributed by atoms with Crippen LogP contribution in [0.4, 0.5) is 5.13 Å². The summed E-state index contributed by atoms with van der Waals surface area (Å²) in [5.41, 5.74) is 5.58. The largest absolute Gasteiger partial charge is 0.375 e. The topological polar surface area (TPSA) is 79.5 Å². The first-order chi connectivity index (χ1) is 8.51. The van der Waals surface area contributed by atoms with Crippen molar-refractivity contribution >= 4 is 26.5 Å². The molecule has 0 atom stereocenters. The van der Waals surface area contributed by atoms with E-state index in [0.717, 1.165) is 24.5 Å². The number of nitrogens with zero attached hydrogens (tertiary/aromatic N) is 3. The van der Waals surface area contributed by atoms with Gasteiger partial charge in [0.1, 0.15) is 0 Å². The maximum atomic E-state index is 11.7. The van der Waals surface area contributed by atoms with Crippen LogP contribution in [0.2, 0.25) is 0 Å². The van der Waals surface area contributed by atoms with Gasteiger partial charge in [0.15, 0.2) is 5.13 Å². The van der Waals surface area contributed by atoms with E-state index < -0.39 is 10.0 Å². The first kappa shape index (κ1) is 13.7. The lowest BCUT2D eigenvalue weighted by atomic mass is 10.3. The molecular weight excluding hydrogens is 272 g/mol. The minimum atomic E-state index is -3.04. The molecule has 1 aromatic heterocycles. The highest BCUT2D eigenvalue weighted by Gasteiger charge is 2.25. The molecule has 0 saturated carbocycles.